The predicted molar refractivity (Wildman–Crippen MR) is 95.8 cm³/mol. The van der Waals surface area contributed by atoms with Crippen LogP contribution >= 0.6 is 0 Å². The van der Waals surface area contributed by atoms with Gasteiger partial charge in [0.2, 0.25) is 0 Å². The molecule has 1 aromatic carbocycles. The number of amides is 2. The lowest BCUT2D eigenvalue weighted by Gasteiger charge is -2.24. The fraction of sp³-hybridized carbons (Fsp3) is 0.316. The summed E-state index contributed by atoms with van der Waals surface area (Å²) >= 11 is 0. The fourth-order valence-electron chi connectivity index (χ4n) is 2.97. The second-order valence-electron chi connectivity index (χ2n) is 6.36. The molecule has 1 fully saturated rings. The molecular weight excluding hydrogens is 336 g/mol. The molecule has 0 bridgehead atoms. The maximum Gasteiger partial charge on any atom is 0.349 e. The number of anilines is 1. The SMILES string of the molecule is COc1ccc(NC(=O)c2c(C)cc(C3CCC3)oc2=O)cc1C(N)=O. The molecule has 2 amide bonds. The number of nitrogens with two attached hydrogens (primary N) is 1. The molecule has 0 unspecified atom stereocenters. The van der Waals surface area contributed by atoms with Gasteiger partial charge in [0.15, 0.2) is 0 Å². The minimum atomic E-state index is -0.682. The van der Waals surface area contributed by atoms with Gasteiger partial charge in [0.1, 0.15) is 17.1 Å². The van der Waals surface area contributed by atoms with Crippen LogP contribution in [0.5, 0.6) is 5.75 Å². The molecule has 0 saturated heterocycles. The predicted octanol–water partition coefficient (Wildman–Crippen LogP) is 2.58. The quantitative estimate of drug-likeness (QED) is 0.855. The van der Waals surface area contributed by atoms with E-state index in [0.29, 0.717) is 22.8 Å². The lowest BCUT2D eigenvalue weighted by Crippen LogP contribution is -2.24. The maximum atomic E-state index is 12.5. The highest BCUT2D eigenvalue weighted by molar-refractivity contribution is 6.06. The summed E-state index contributed by atoms with van der Waals surface area (Å²) in [5.41, 5.74) is 5.62. The summed E-state index contributed by atoms with van der Waals surface area (Å²) in [6.45, 7) is 1.71. The van der Waals surface area contributed by atoms with Gasteiger partial charge in [0.25, 0.3) is 11.8 Å². The van der Waals surface area contributed by atoms with Gasteiger partial charge in [-0.25, -0.2) is 4.79 Å². The molecule has 0 aliphatic heterocycles. The van der Waals surface area contributed by atoms with E-state index in [-0.39, 0.29) is 17.0 Å². The van der Waals surface area contributed by atoms with E-state index in [0.717, 1.165) is 19.3 Å². The van der Waals surface area contributed by atoms with E-state index in [1.807, 2.05) is 0 Å². The zero-order chi connectivity index (χ0) is 18.8. The van der Waals surface area contributed by atoms with Crippen molar-refractivity contribution in [2.45, 2.75) is 32.1 Å². The third-order valence-electron chi connectivity index (χ3n) is 4.63. The summed E-state index contributed by atoms with van der Waals surface area (Å²) in [4.78, 5) is 36.3. The lowest BCUT2D eigenvalue weighted by molar-refractivity contribution is 0.0992. The molecule has 1 aliphatic carbocycles. The second kappa shape index (κ2) is 7.03. The summed E-state index contributed by atoms with van der Waals surface area (Å²) < 4.78 is 10.4. The van der Waals surface area contributed by atoms with E-state index in [9.17, 15) is 14.4 Å². The second-order valence-corrected chi connectivity index (χ2v) is 6.36. The van der Waals surface area contributed by atoms with Crippen LogP contribution in [-0.4, -0.2) is 18.9 Å². The zero-order valence-electron chi connectivity index (χ0n) is 14.6. The van der Waals surface area contributed by atoms with Crippen LogP contribution in [0.4, 0.5) is 5.69 Å². The van der Waals surface area contributed by atoms with E-state index in [1.54, 1.807) is 19.1 Å². The number of benzene rings is 1. The molecule has 1 heterocycles. The number of primary amides is 1. The van der Waals surface area contributed by atoms with E-state index >= 15 is 0 Å². The van der Waals surface area contributed by atoms with E-state index in [4.69, 9.17) is 14.9 Å². The Kier molecular flexibility index (Phi) is 4.79. The van der Waals surface area contributed by atoms with Crippen molar-refractivity contribution in [2.75, 3.05) is 12.4 Å². The monoisotopic (exact) mass is 356 g/mol. The molecule has 3 N–H and O–H groups in total. The van der Waals surface area contributed by atoms with Crippen LogP contribution in [-0.2, 0) is 0 Å². The molecule has 1 saturated carbocycles. The fourth-order valence-corrected chi connectivity index (χ4v) is 2.97. The summed E-state index contributed by atoms with van der Waals surface area (Å²) in [7, 11) is 1.41. The number of aryl methyl sites for hydroxylation is 1. The summed E-state index contributed by atoms with van der Waals surface area (Å²) in [6.07, 6.45) is 3.11. The first-order valence-corrected chi connectivity index (χ1v) is 8.34. The smallest absolute Gasteiger partial charge is 0.349 e. The van der Waals surface area contributed by atoms with Gasteiger partial charge in [-0.15, -0.1) is 0 Å². The topological polar surface area (TPSA) is 112 Å². The van der Waals surface area contributed by atoms with Crippen LogP contribution in [0.15, 0.2) is 33.5 Å². The maximum absolute atomic E-state index is 12.5. The van der Waals surface area contributed by atoms with Crippen LogP contribution in [0.2, 0.25) is 0 Å². The highest BCUT2D eigenvalue weighted by Gasteiger charge is 2.25. The Morgan fingerprint density at radius 2 is 2.00 bits per heavy atom. The van der Waals surface area contributed by atoms with Crippen LogP contribution in [0, 0.1) is 6.92 Å². The average molecular weight is 356 g/mol. The van der Waals surface area contributed by atoms with Gasteiger partial charge in [-0.3, -0.25) is 9.59 Å². The summed E-state index contributed by atoms with van der Waals surface area (Å²) in [6, 6.07) is 6.23. The first-order chi connectivity index (χ1) is 12.4. The Hall–Kier alpha value is -3.09. The van der Waals surface area contributed by atoms with Gasteiger partial charge in [-0.2, -0.15) is 0 Å². The molecule has 2 aromatic rings. The summed E-state index contributed by atoms with van der Waals surface area (Å²) in [5.74, 6) is -0.0828. The van der Waals surface area contributed by atoms with Crippen molar-refractivity contribution in [1.29, 1.82) is 0 Å². The van der Waals surface area contributed by atoms with Crippen molar-refractivity contribution in [3.05, 3.63) is 57.1 Å². The van der Waals surface area contributed by atoms with Crippen molar-refractivity contribution in [1.82, 2.24) is 0 Å². The number of nitrogens with one attached hydrogen (secondary N) is 1. The molecule has 1 aliphatic rings. The standard InChI is InChI=1S/C19H20N2O5/c1-10-8-15(11-4-3-5-11)26-19(24)16(10)18(23)21-12-6-7-14(25-2)13(9-12)17(20)22/h6-9,11H,3-5H2,1-2H3,(H2,20,22)(H,21,23). The number of hydrogen-bond donors (Lipinski definition) is 2. The Morgan fingerprint density at radius 3 is 2.54 bits per heavy atom. The van der Waals surface area contributed by atoms with E-state index in [1.165, 1.54) is 19.2 Å². The van der Waals surface area contributed by atoms with E-state index < -0.39 is 17.4 Å². The number of rotatable bonds is 5. The molecule has 7 nitrogen and oxygen atoms in total. The average Bonchev–Trinajstić information content (AvgIpc) is 2.52. The molecule has 0 spiro atoms. The highest BCUT2D eigenvalue weighted by atomic mass is 16.5. The number of ether oxygens (including phenoxy) is 1. The number of carbonyl (C=O) groups is 2. The first-order valence-electron chi connectivity index (χ1n) is 8.34. The Bertz CT molecular complexity index is 928. The van der Waals surface area contributed by atoms with Gasteiger partial charge in [0.05, 0.1) is 12.7 Å². The van der Waals surface area contributed by atoms with Crippen molar-refractivity contribution in [3.8, 4) is 5.75 Å². The molecule has 0 radical (unpaired) electrons. The number of methoxy groups -OCH3 is 1. The zero-order valence-corrected chi connectivity index (χ0v) is 14.6. The number of carbonyl (C=O) groups excluding carboxylic acids is 2. The van der Waals surface area contributed by atoms with Crippen LogP contribution in [0.25, 0.3) is 0 Å². The summed E-state index contributed by atoms with van der Waals surface area (Å²) in [5, 5.41) is 2.60. The van der Waals surface area contributed by atoms with Crippen LogP contribution < -0.4 is 21.4 Å². The van der Waals surface area contributed by atoms with Crippen LogP contribution in [0.3, 0.4) is 0 Å². The number of hydrogen-bond acceptors (Lipinski definition) is 5. The van der Waals surface area contributed by atoms with Gasteiger partial charge in [-0.05, 0) is 49.6 Å². The first kappa shape index (κ1) is 17.7. The van der Waals surface area contributed by atoms with Crippen LogP contribution in [0.1, 0.15) is 57.2 Å². The van der Waals surface area contributed by atoms with Gasteiger partial charge in [-0.1, -0.05) is 6.42 Å². The molecule has 3 rings (SSSR count). The van der Waals surface area contributed by atoms with E-state index in [2.05, 4.69) is 5.32 Å². The third kappa shape index (κ3) is 3.33. The van der Waals surface area contributed by atoms with Crippen molar-refractivity contribution < 1.29 is 18.7 Å². The Balaban J connectivity index is 1.87. The van der Waals surface area contributed by atoms with Gasteiger partial charge in [0, 0.05) is 11.6 Å². The minimum absolute atomic E-state index is 0.0514. The lowest BCUT2D eigenvalue weighted by atomic mass is 9.83. The molecule has 7 heteroatoms. The molecular formula is C19H20N2O5. The minimum Gasteiger partial charge on any atom is -0.496 e. The van der Waals surface area contributed by atoms with Gasteiger partial charge >= 0.3 is 5.63 Å². The Morgan fingerprint density at radius 1 is 1.27 bits per heavy atom. The molecule has 1 aromatic heterocycles. The van der Waals surface area contributed by atoms with Crippen molar-refractivity contribution in [2.24, 2.45) is 5.73 Å². The highest BCUT2D eigenvalue weighted by Crippen LogP contribution is 2.36. The molecule has 0 atom stereocenters. The van der Waals surface area contributed by atoms with Crippen molar-refractivity contribution >= 4 is 17.5 Å². The largest absolute Gasteiger partial charge is 0.496 e. The van der Waals surface area contributed by atoms with Crippen molar-refractivity contribution in [3.63, 3.8) is 0 Å². The van der Waals surface area contributed by atoms with Gasteiger partial charge < -0.3 is 20.2 Å². The normalized spacial score (nSPS) is 13.8. The third-order valence-corrected chi connectivity index (χ3v) is 4.63. The Labute approximate surface area is 150 Å². The molecule has 136 valence electrons. The molecule has 26 heavy (non-hydrogen) atoms.